The Bertz CT molecular complexity index is 537. The van der Waals surface area contributed by atoms with Crippen LogP contribution in [0.25, 0.3) is 11.5 Å². The summed E-state index contributed by atoms with van der Waals surface area (Å²) in [5.41, 5.74) is 1.94. The van der Waals surface area contributed by atoms with E-state index in [-0.39, 0.29) is 0 Å². The van der Waals surface area contributed by atoms with Crippen LogP contribution in [0.15, 0.2) is 22.7 Å². The third-order valence-electron chi connectivity index (χ3n) is 2.57. The average molecular weight is 266 g/mol. The molecule has 0 spiro atoms. The van der Waals surface area contributed by atoms with Crippen molar-refractivity contribution in [3.63, 3.8) is 0 Å². The molecule has 1 aromatic carbocycles. The van der Waals surface area contributed by atoms with Gasteiger partial charge in [0.15, 0.2) is 5.82 Å². The fourth-order valence-electron chi connectivity index (χ4n) is 1.56. The van der Waals surface area contributed by atoms with Gasteiger partial charge < -0.3 is 9.84 Å². The summed E-state index contributed by atoms with van der Waals surface area (Å²) in [6.07, 6.45) is 0. The van der Waals surface area contributed by atoms with E-state index in [0.717, 1.165) is 11.1 Å². The first kappa shape index (κ1) is 13.1. The molecule has 0 radical (unpaired) electrons. The van der Waals surface area contributed by atoms with Crippen LogP contribution in [0.4, 0.5) is 0 Å². The Hall–Kier alpha value is -1.39. The molecule has 0 saturated heterocycles. The summed E-state index contributed by atoms with van der Waals surface area (Å²) in [5, 5.41) is 7.85. The minimum Gasteiger partial charge on any atom is -0.334 e. The van der Waals surface area contributed by atoms with Crippen molar-refractivity contribution < 1.29 is 4.52 Å². The van der Waals surface area contributed by atoms with E-state index in [9.17, 15) is 0 Å². The number of hydrogen-bond acceptors (Lipinski definition) is 4. The monoisotopic (exact) mass is 265 g/mol. The van der Waals surface area contributed by atoms with Crippen LogP contribution >= 0.6 is 11.6 Å². The van der Waals surface area contributed by atoms with Gasteiger partial charge in [0.2, 0.25) is 0 Å². The largest absolute Gasteiger partial charge is 0.334 e. The molecule has 0 fully saturated rings. The summed E-state index contributed by atoms with van der Waals surface area (Å²) in [6.45, 7) is 6.73. The van der Waals surface area contributed by atoms with Crippen molar-refractivity contribution in [1.29, 1.82) is 0 Å². The molecule has 1 N–H and O–H groups in total. The average Bonchev–Trinajstić information content (AvgIpc) is 2.78. The molecule has 2 rings (SSSR count). The standard InChI is InChI=1S/C13H16ClN3O/c1-8(2)15-7-12-16-13(18-17-12)11-6-10(14)5-4-9(11)3/h4-6,8,15H,7H2,1-3H3. The third kappa shape index (κ3) is 3.09. The van der Waals surface area contributed by atoms with Crippen LogP contribution in [0.2, 0.25) is 5.02 Å². The molecular weight excluding hydrogens is 250 g/mol. The minimum absolute atomic E-state index is 0.389. The Morgan fingerprint density at radius 2 is 2.17 bits per heavy atom. The van der Waals surface area contributed by atoms with Crippen LogP contribution in [0.5, 0.6) is 0 Å². The maximum atomic E-state index is 5.97. The van der Waals surface area contributed by atoms with Gasteiger partial charge in [-0.2, -0.15) is 4.98 Å². The summed E-state index contributed by atoms with van der Waals surface area (Å²) in [5.74, 6) is 1.16. The second-order valence-corrected chi connectivity index (χ2v) is 4.95. The first-order valence-corrected chi connectivity index (χ1v) is 6.26. The van der Waals surface area contributed by atoms with Crippen LogP contribution in [0, 0.1) is 6.92 Å². The van der Waals surface area contributed by atoms with Gasteiger partial charge in [-0.3, -0.25) is 0 Å². The SMILES string of the molecule is Cc1ccc(Cl)cc1-c1nc(CNC(C)C)no1. The smallest absolute Gasteiger partial charge is 0.258 e. The van der Waals surface area contributed by atoms with Crippen LogP contribution < -0.4 is 5.32 Å². The molecular formula is C13H16ClN3O. The summed E-state index contributed by atoms with van der Waals surface area (Å²) in [4.78, 5) is 4.36. The highest BCUT2D eigenvalue weighted by Crippen LogP contribution is 2.25. The molecule has 0 bridgehead atoms. The van der Waals surface area contributed by atoms with Crippen LogP contribution in [-0.4, -0.2) is 16.2 Å². The van der Waals surface area contributed by atoms with E-state index in [1.807, 2.05) is 25.1 Å². The number of hydrogen-bond donors (Lipinski definition) is 1. The van der Waals surface area contributed by atoms with Crippen LogP contribution in [0.3, 0.4) is 0 Å². The van der Waals surface area contributed by atoms with E-state index < -0.39 is 0 Å². The van der Waals surface area contributed by atoms with Crippen molar-refractivity contribution in [2.45, 2.75) is 33.4 Å². The molecule has 5 heteroatoms. The van der Waals surface area contributed by atoms with Crippen molar-refractivity contribution in [2.24, 2.45) is 0 Å². The molecule has 1 heterocycles. The van der Waals surface area contributed by atoms with E-state index in [1.165, 1.54) is 0 Å². The predicted octanol–water partition coefficient (Wildman–Crippen LogP) is 3.20. The van der Waals surface area contributed by atoms with E-state index in [0.29, 0.717) is 29.3 Å². The maximum Gasteiger partial charge on any atom is 0.258 e. The van der Waals surface area contributed by atoms with Crippen molar-refractivity contribution in [3.05, 3.63) is 34.6 Å². The summed E-state index contributed by atoms with van der Waals surface area (Å²) >= 11 is 5.97. The summed E-state index contributed by atoms with van der Waals surface area (Å²) in [6, 6.07) is 6.01. The number of nitrogens with one attached hydrogen (secondary N) is 1. The number of halogens is 1. The Morgan fingerprint density at radius 3 is 2.89 bits per heavy atom. The first-order chi connectivity index (χ1) is 8.56. The van der Waals surface area contributed by atoms with Gasteiger partial charge >= 0.3 is 0 Å². The fraction of sp³-hybridized carbons (Fsp3) is 0.385. The lowest BCUT2D eigenvalue weighted by molar-refractivity contribution is 0.417. The first-order valence-electron chi connectivity index (χ1n) is 5.89. The number of rotatable bonds is 4. The predicted molar refractivity (Wildman–Crippen MR) is 71.5 cm³/mol. The van der Waals surface area contributed by atoms with Gasteiger partial charge in [-0.05, 0) is 24.6 Å². The second-order valence-electron chi connectivity index (χ2n) is 4.51. The van der Waals surface area contributed by atoms with Gasteiger partial charge in [0.05, 0.1) is 6.54 Å². The van der Waals surface area contributed by atoms with Gasteiger partial charge in [0.25, 0.3) is 5.89 Å². The Morgan fingerprint density at radius 1 is 1.39 bits per heavy atom. The Labute approximate surface area is 111 Å². The number of benzene rings is 1. The lowest BCUT2D eigenvalue weighted by Gasteiger charge is -2.03. The molecule has 0 aliphatic heterocycles. The molecule has 4 nitrogen and oxygen atoms in total. The van der Waals surface area contributed by atoms with Crippen molar-refractivity contribution >= 4 is 11.6 Å². The highest BCUT2D eigenvalue weighted by Gasteiger charge is 2.11. The molecule has 0 aliphatic rings. The van der Waals surface area contributed by atoms with Gasteiger partial charge in [-0.1, -0.05) is 36.7 Å². The zero-order valence-electron chi connectivity index (χ0n) is 10.7. The normalized spacial score (nSPS) is 11.2. The highest BCUT2D eigenvalue weighted by atomic mass is 35.5. The molecule has 0 unspecified atom stereocenters. The number of aromatic nitrogens is 2. The van der Waals surface area contributed by atoms with E-state index in [1.54, 1.807) is 0 Å². The zero-order valence-corrected chi connectivity index (χ0v) is 11.5. The minimum atomic E-state index is 0.389. The lowest BCUT2D eigenvalue weighted by atomic mass is 10.1. The third-order valence-corrected chi connectivity index (χ3v) is 2.80. The van der Waals surface area contributed by atoms with Gasteiger partial charge in [0, 0.05) is 16.6 Å². The molecule has 18 heavy (non-hydrogen) atoms. The Balaban J connectivity index is 2.21. The van der Waals surface area contributed by atoms with Crippen molar-refractivity contribution in [2.75, 3.05) is 0 Å². The molecule has 2 aromatic rings. The molecule has 0 amide bonds. The van der Waals surface area contributed by atoms with E-state index in [2.05, 4.69) is 29.3 Å². The summed E-state index contributed by atoms with van der Waals surface area (Å²) in [7, 11) is 0. The van der Waals surface area contributed by atoms with Gasteiger partial charge in [-0.25, -0.2) is 0 Å². The Kier molecular flexibility index (Phi) is 3.99. The van der Waals surface area contributed by atoms with Gasteiger partial charge in [0.1, 0.15) is 0 Å². The zero-order chi connectivity index (χ0) is 13.1. The number of aryl methyl sites for hydroxylation is 1. The van der Waals surface area contributed by atoms with E-state index in [4.69, 9.17) is 16.1 Å². The molecule has 0 saturated carbocycles. The number of nitrogens with zero attached hydrogens (tertiary/aromatic N) is 2. The maximum absolute atomic E-state index is 5.97. The van der Waals surface area contributed by atoms with E-state index >= 15 is 0 Å². The summed E-state index contributed by atoms with van der Waals surface area (Å²) < 4.78 is 5.26. The quantitative estimate of drug-likeness (QED) is 0.922. The molecule has 0 aliphatic carbocycles. The highest BCUT2D eigenvalue weighted by molar-refractivity contribution is 6.30. The second kappa shape index (κ2) is 5.50. The van der Waals surface area contributed by atoms with Crippen molar-refractivity contribution in [3.8, 4) is 11.5 Å². The van der Waals surface area contributed by atoms with Crippen LogP contribution in [-0.2, 0) is 6.54 Å². The molecule has 0 atom stereocenters. The topological polar surface area (TPSA) is 51.0 Å². The molecule has 96 valence electrons. The van der Waals surface area contributed by atoms with Gasteiger partial charge in [-0.15, -0.1) is 0 Å². The van der Waals surface area contributed by atoms with Crippen LogP contribution in [0.1, 0.15) is 25.2 Å². The van der Waals surface area contributed by atoms with Crippen molar-refractivity contribution in [1.82, 2.24) is 15.5 Å². The lowest BCUT2D eigenvalue weighted by Crippen LogP contribution is -2.22. The fourth-order valence-corrected chi connectivity index (χ4v) is 1.73. The molecule has 1 aromatic heterocycles.